The molecule has 0 amide bonds. The Morgan fingerprint density at radius 3 is 2.33 bits per heavy atom. The Bertz CT molecular complexity index is 847. The molecule has 0 bridgehead atoms. The Kier molecular flexibility index (Phi) is 5.64. The van der Waals surface area contributed by atoms with Crippen molar-refractivity contribution in [3.63, 3.8) is 0 Å². The van der Waals surface area contributed by atoms with Crippen LogP contribution in [0.3, 0.4) is 0 Å². The number of hydrogen-bond acceptors (Lipinski definition) is 4. The van der Waals surface area contributed by atoms with Crippen LogP contribution in [0, 0.1) is 13.8 Å². The van der Waals surface area contributed by atoms with Gasteiger partial charge >= 0.3 is 5.97 Å². The summed E-state index contributed by atoms with van der Waals surface area (Å²) in [5, 5.41) is 0.436. The molecule has 0 fully saturated rings. The first-order valence-electron chi connectivity index (χ1n) is 7.20. The maximum atomic E-state index is 12.4. The summed E-state index contributed by atoms with van der Waals surface area (Å²) < 4.78 is 31.0. The number of esters is 1. The smallest absolute Gasteiger partial charge is 0.326 e. The van der Waals surface area contributed by atoms with Crippen LogP contribution in [0.4, 0.5) is 0 Å². The molecule has 0 spiro atoms. The number of ether oxygens (including phenoxy) is 1. The molecule has 0 aliphatic rings. The molecule has 0 saturated heterocycles. The lowest BCUT2D eigenvalue weighted by molar-refractivity contribution is -0.134. The van der Waals surface area contributed by atoms with Crippen molar-refractivity contribution in [3.8, 4) is 5.75 Å². The Labute approximate surface area is 146 Å². The zero-order valence-corrected chi connectivity index (χ0v) is 15.2. The Balaban J connectivity index is 2.09. The van der Waals surface area contributed by atoms with E-state index in [0.29, 0.717) is 10.8 Å². The first-order valence-corrected chi connectivity index (χ1v) is 9.02. The van der Waals surface area contributed by atoms with E-state index in [0.717, 1.165) is 15.4 Å². The van der Waals surface area contributed by atoms with Gasteiger partial charge in [0.25, 0.3) is 0 Å². The van der Waals surface area contributed by atoms with Gasteiger partial charge in [0.15, 0.2) is 0 Å². The molecule has 0 aliphatic carbocycles. The number of carbonyl (C=O) groups excluding carboxylic acids is 1. The third kappa shape index (κ3) is 4.35. The van der Waals surface area contributed by atoms with Crippen molar-refractivity contribution in [1.29, 1.82) is 0 Å². The number of halogens is 1. The van der Waals surface area contributed by atoms with Crippen LogP contribution in [0.2, 0.25) is 5.02 Å². The highest BCUT2D eigenvalue weighted by atomic mass is 35.5. The fourth-order valence-electron chi connectivity index (χ4n) is 2.12. The Morgan fingerprint density at radius 2 is 1.75 bits per heavy atom. The van der Waals surface area contributed by atoms with Gasteiger partial charge in [0, 0.05) is 12.1 Å². The minimum atomic E-state index is -3.79. The van der Waals surface area contributed by atoms with Gasteiger partial charge in [0.1, 0.15) is 12.3 Å². The summed E-state index contributed by atoms with van der Waals surface area (Å²) in [6.45, 7) is 3.37. The highest BCUT2D eigenvalue weighted by molar-refractivity contribution is 7.89. The van der Waals surface area contributed by atoms with Crippen molar-refractivity contribution in [2.75, 3.05) is 13.6 Å². The molecule has 5 nitrogen and oxygen atoms in total. The topological polar surface area (TPSA) is 63.7 Å². The second-order valence-corrected chi connectivity index (χ2v) is 7.94. The first-order chi connectivity index (χ1) is 11.2. The van der Waals surface area contributed by atoms with Gasteiger partial charge in [-0.3, -0.25) is 4.79 Å². The Morgan fingerprint density at radius 1 is 1.12 bits per heavy atom. The summed E-state index contributed by atoms with van der Waals surface area (Å²) in [6, 6.07) is 11.1. The minimum absolute atomic E-state index is 0.0636. The third-order valence-electron chi connectivity index (χ3n) is 3.43. The van der Waals surface area contributed by atoms with Crippen molar-refractivity contribution < 1.29 is 17.9 Å². The van der Waals surface area contributed by atoms with Crippen molar-refractivity contribution in [1.82, 2.24) is 4.31 Å². The lowest BCUT2D eigenvalue weighted by Gasteiger charge is -2.17. The van der Waals surface area contributed by atoms with Crippen LogP contribution in [-0.2, 0) is 14.8 Å². The molecular formula is C17H18ClNO4S. The molecule has 24 heavy (non-hydrogen) atoms. The highest BCUT2D eigenvalue weighted by Crippen LogP contribution is 2.20. The van der Waals surface area contributed by atoms with Gasteiger partial charge in [-0.25, -0.2) is 8.42 Å². The summed E-state index contributed by atoms with van der Waals surface area (Å²) in [5.41, 5.74) is 1.86. The number of carbonyl (C=O) groups is 1. The van der Waals surface area contributed by atoms with E-state index in [4.69, 9.17) is 16.3 Å². The zero-order valence-electron chi connectivity index (χ0n) is 13.6. The summed E-state index contributed by atoms with van der Waals surface area (Å²) in [6.07, 6.45) is 0. The van der Waals surface area contributed by atoms with E-state index in [1.165, 1.54) is 31.3 Å². The molecule has 0 aromatic heterocycles. The number of sulfonamides is 1. The van der Waals surface area contributed by atoms with Gasteiger partial charge in [0.05, 0.1) is 4.90 Å². The maximum absolute atomic E-state index is 12.4. The molecule has 0 aliphatic heterocycles. The average Bonchev–Trinajstić information content (AvgIpc) is 2.50. The van der Waals surface area contributed by atoms with E-state index < -0.39 is 22.5 Å². The molecule has 2 rings (SSSR count). The lowest BCUT2D eigenvalue weighted by atomic mass is 10.1. The lowest BCUT2D eigenvalue weighted by Crippen LogP contribution is -2.34. The molecule has 0 heterocycles. The SMILES string of the molecule is Cc1ccc(OC(=O)CN(C)S(=O)(=O)c2ccc(Cl)cc2)c(C)c1. The highest BCUT2D eigenvalue weighted by Gasteiger charge is 2.24. The van der Waals surface area contributed by atoms with Gasteiger partial charge in [-0.05, 0) is 49.7 Å². The number of aryl methyl sites for hydroxylation is 2. The molecule has 0 N–H and O–H groups in total. The molecule has 0 unspecified atom stereocenters. The number of likely N-dealkylation sites (N-methyl/N-ethyl adjacent to an activating group) is 1. The van der Waals surface area contributed by atoms with Crippen LogP contribution >= 0.6 is 11.6 Å². The zero-order chi connectivity index (χ0) is 17.9. The first kappa shape index (κ1) is 18.4. The molecule has 128 valence electrons. The van der Waals surface area contributed by atoms with E-state index in [2.05, 4.69) is 0 Å². The van der Waals surface area contributed by atoms with Gasteiger partial charge < -0.3 is 4.74 Å². The number of benzene rings is 2. The van der Waals surface area contributed by atoms with Crippen LogP contribution in [0.1, 0.15) is 11.1 Å². The van der Waals surface area contributed by atoms with Crippen LogP contribution < -0.4 is 4.74 Å². The van der Waals surface area contributed by atoms with Gasteiger partial charge in [-0.1, -0.05) is 29.3 Å². The van der Waals surface area contributed by atoms with Gasteiger partial charge in [-0.2, -0.15) is 4.31 Å². The van der Waals surface area contributed by atoms with E-state index in [-0.39, 0.29) is 4.90 Å². The second kappa shape index (κ2) is 7.34. The van der Waals surface area contributed by atoms with Crippen LogP contribution in [-0.4, -0.2) is 32.3 Å². The molecule has 0 radical (unpaired) electrons. The van der Waals surface area contributed by atoms with Crippen molar-refractivity contribution in [2.24, 2.45) is 0 Å². The van der Waals surface area contributed by atoms with E-state index in [9.17, 15) is 13.2 Å². The minimum Gasteiger partial charge on any atom is -0.425 e. The third-order valence-corrected chi connectivity index (χ3v) is 5.50. The summed E-state index contributed by atoms with van der Waals surface area (Å²) in [4.78, 5) is 12.1. The number of hydrogen-bond donors (Lipinski definition) is 0. The van der Waals surface area contributed by atoms with E-state index in [1.54, 1.807) is 6.07 Å². The van der Waals surface area contributed by atoms with Crippen LogP contribution in [0.15, 0.2) is 47.4 Å². The second-order valence-electron chi connectivity index (χ2n) is 5.46. The molecule has 2 aromatic carbocycles. The molecule has 7 heteroatoms. The standard InChI is InChI=1S/C17H18ClNO4S/c1-12-4-9-16(13(2)10-12)23-17(20)11-19(3)24(21,22)15-7-5-14(18)6-8-15/h4-10H,11H2,1-3H3. The summed E-state index contributed by atoms with van der Waals surface area (Å²) >= 11 is 5.76. The monoisotopic (exact) mass is 367 g/mol. The van der Waals surface area contributed by atoms with Gasteiger partial charge in [-0.15, -0.1) is 0 Å². The van der Waals surface area contributed by atoms with E-state index in [1.807, 2.05) is 26.0 Å². The fourth-order valence-corrected chi connectivity index (χ4v) is 3.36. The normalized spacial score (nSPS) is 11.5. The molecule has 2 aromatic rings. The quantitative estimate of drug-likeness (QED) is 0.601. The molecule has 0 saturated carbocycles. The van der Waals surface area contributed by atoms with Crippen molar-refractivity contribution >= 4 is 27.6 Å². The summed E-state index contributed by atoms with van der Waals surface area (Å²) in [5.74, 6) is -0.232. The van der Waals surface area contributed by atoms with E-state index >= 15 is 0 Å². The van der Waals surface area contributed by atoms with Crippen molar-refractivity contribution in [2.45, 2.75) is 18.7 Å². The molecule has 0 atom stereocenters. The predicted octanol–water partition coefficient (Wildman–Crippen LogP) is 3.18. The molecular weight excluding hydrogens is 350 g/mol. The van der Waals surface area contributed by atoms with Crippen molar-refractivity contribution in [3.05, 3.63) is 58.6 Å². The maximum Gasteiger partial charge on any atom is 0.326 e. The Hall–Kier alpha value is -1.89. The van der Waals surface area contributed by atoms with Gasteiger partial charge in [0.2, 0.25) is 10.0 Å². The predicted molar refractivity (Wildman–Crippen MR) is 92.8 cm³/mol. The number of rotatable bonds is 5. The largest absolute Gasteiger partial charge is 0.425 e. The fraction of sp³-hybridized carbons (Fsp3) is 0.235. The summed E-state index contributed by atoms with van der Waals surface area (Å²) in [7, 11) is -2.46. The van der Waals surface area contributed by atoms with Crippen LogP contribution in [0.25, 0.3) is 0 Å². The van der Waals surface area contributed by atoms with Crippen LogP contribution in [0.5, 0.6) is 5.75 Å². The average molecular weight is 368 g/mol. The number of nitrogens with zero attached hydrogens (tertiary/aromatic N) is 1.